The van der Waals surface area contributed by atoms with E-state index in [4.69, 9.17) is 4.74 Å². The third kappa shape index (κ3) is 5.00. The van der Waals surface area contributed by atoms with Crippen LogP contribution in [0.5, 0.6) is 0 Å². The molecule has 0 aliphatic carbocycles. The predicted molar refractivity (Wildman–Crippen MR) is 119 cm³/mol. The molecule has 4 rings (SSSR count). The van der Waals surface area contributed by atoms with E-state index in [1.54, 1.807) is 17.0 Å². The maximum absolute atomic E-state index is 14.9. The van der Waals surface area contributed by atoms with Gasteiger partial charge in [0.2, 0.25) is 5.95 Å². The van der Waals surface area contributed by atoms with Gasteiger partial charge in [-0.25, -0.2) is 14.2 Å². The van der Waals surface area contributed by atoms with Gasteiger partial charge >= 0.3 is 6.09 Å². The van der Waals surface area contributed by atoms with Crippen LogP contribution >= 0.6 is 12.6 Å². The maximum Gasteiger partial charge on any atom is 0.414 e. The zero-order valence-electron chi connectivity index (χ0n) is 17.4. The first-order valence-corrected chi connectivity index (χ1v) is 10.7. The summed E-state index contributed by atoms with van der Waals surface area (Å²) in [4.78, 5) is 43.7. The fourth-order valence-electron chi connectivity index (χ4n) is 3.83. The molecular weight excluding hydrogens is 456 g/mol. The number of hydrogen-bond donors (Lipinski definition) is 2. The summed E-state index contributed by atoms with van der Waals surface area (Å²) in [6.07, 6.45) is 0.0836. The molecule has 1 aromatic heterocycles. The Labute approximate surface area is 193 Å². The van der Waals surface area contributed by atoms with Crippen molar-refractivity contribution in [2.45, 2.75) is 6.10 Å². The molecule has 2 aliphatic rings. The van der Waals surface area contributed by atoms with Gasteiger partial charge in [0.05, 0.1) is 30.0 Å². The molecule has 1 unspecified atom stereocenters. The Morgan fingerprint density at radius 1 is 1.18 bits per heavy atom. The molecule has 12 heteroatoms. The minimum Gasteiger partial charge on any atom is -0.442 e. The lowest BCUT2D eigenvalue weighted by atomic mass is 10.2. The highest BCUT2D eigenvalue weighted by Gasteiger charge is 2.33. The molecule has 9 nitrogen and oxygen atoms in total. The Balaban J connectivity index is 1.38. The average Bonchev–Trinajstić information content (AvgIpc) is 3.18. The second-order valence-corrected chi connectivity index (χ2v) is 7.97. The minimum atomic E-state index is -0.817. The van der Waals surface area contributed by atoms with Gasteiger partial charge in [-0.1, -0.05) is 12.6 Å². The van der Waals surface area contributed by atoms with Crippen LogP contribution in [0.4, 0.5) is 29.7 Å². The topological polar surface area (TPSA) is 95.1 Å². The number of cyclic esters (lactones) is 1. The predicted octanol–water partition coefficient (Wildman–Crippen LogP) is 2.29. The smallest absolute Gasteiger partial charge is 0.414 e. The van der Waals surface area contributed by atoms with Crippen LogP contribution in [-0.2, 0) is 4.74 Å². The highest BCUT2D eigenvalue weighted by Crippen LogP contribution is 2.28. The van der Waals surface area contributed by atoms with E-state index in [-0.39, 0.29) is 18.7 Å². The molecule has 0 saturated carbocycles. The van der Waals surface area contributed by atoms with Crippen molar-refractivity contribution in [2.75, 3.05) is 49.1 Å². The van der Waals surface area contributed by atoms with Crippen molar-refractivity contribution < 1.29 is 27.9 Å². The van der Waals surface area contributed by atoms with Gasteiger partial charge in [0.1, 0.15) is 11.9 Å². The van der Waals surface area contributed by atoms with Crippen LogP contribution in [0, 0.1) is 11.8 Å². The van der Waals surface area contributed by atoms with Crippen molar-refractivity contribution in [2.24, 2.45) is 0 Å². The van der Waals surface area contributed by atoms with E-state index in [0.717, 1.165) is 0 Å². The number of anilines is 2. The van der Waals surface area contributed by atoms with E-state index in [0.29, 0.717) is 37.6 Å². The van der Waals surface area contributed by atoms with E-state index in [1.165, 1.54) is 34.2 Å². The van der Waals surface area contributed by atoms with E-state index >= 15 is 0 Å². The van der Waals surface area contributed by atoms with Crippen molar-refractivity contribution in [3.05, 3.63) is 53.9 Å². The summed E-state index contributed by atoms with van der Waals surface area (Å²) in [5, 5.41) is 1.92. The first-order chi connectivity index (χ1) is 15.8. The zero-order chi connectivity index (χ0) is 23.5. The monoisotopic (exact) mass is 477 g/mol. The van der Waals surface area contributed by atoms with Crippen molar-refractivity contribution in [1.29, 1.82) is 0 Å². The minimum absolute atomic E-state index is 0.0915. The number of aromatic nitrogens is 1. The van der Waals surface area contributed by atoms with Crippen LogP contribution in [-0.4, -0.2) is 72.5 Å². The summed E-state index contributed by atoms with van der Waals surface area (Å²) in [7, 11) is 0. The molecule has 0 spiro atoms. The van der Waals surface area contributed by atoms with E-state index < -0.39 is 35.1 Å². The second-order valence-electron chi connectivity index (χ2n) is 7.56. The SMILES string of the molecule is O=C(S)NCC1CN(c2ccc(N3CCN(C(=O)c4cccnc4F)CC3)c(F)c2)C(=O)O1. The molecule has 2 aliphatic heterocycles. The van der Waals surface area contributed by atoms with Crippen LogP contribution < -0.4 is 15.1 Å². The molecule has 2 saturated heterocycles. The number of amides is 3. The Kier molecular flexibility index (Phi) is 6.63. The number of pyridine rings is 1. The number of benzene rings is 1. The molecule has 33 heavy (non-hydrogen) atoms. The number of hydrogen-bond acceptors (Lipinski definition) is 6. The second kappa shape index (κ2) is 9.61. The van der Waals surface area contributed by atoms with Gasteiger partial charge in [-0.2, -0.15) is 4.39 Å². The highest BCUT2D eigenvalue weighted by molar-refractivity contribution is 7.96. The molecule has 2 fully saturated rings. The van der Waals surface area contributed by atoms with Gasteiger partial charge in [-0.05, 0) is 30.3 Å². The van der Waals surface area contributed by atoms with Crippen LogP contribution in [0.3, 0.4) is 0 Å². The summed E-state index contributed by atoms with van der Waals surface area (Å²) in [6, 6.07) is 7.31. The summed E-state index contributed by atoms with van der Waals surface area (Å²) in [6.45, 7) is 1.59. The molecule has 1 aromatic carbocycles. The van der Waals surface area contributed by atoms with Gasteiger partial charge in [0.25, 0.3) is 11.1 Å². The lowest BCUT2D eigenvalue weighted by molar-refractivity contribution is 0.0740. The van der Waals surface area contributed by atoms with Gasteiger partial charge in [0, 0.05) is 32.4 Å². The standard InChI is InChI=1S/C21H21F2N5O4S/c22-16-10-13(28-12-14(32-21(28)31)11-25-20(30)33)3-4-17(16)26-6-8-27(9-7-26)19(29)15-2-1-5-24-18(15)23/h1-5,10,14H,6-9,11-12H2,(H2,25,30,33). The van der Waals surface area contributed by atoms with E-state index in [1.807, 2.05) is 0 Å². The third-order valence-electron chi connectivity index (χ3n) is 5.50. The fourth-order valence-corrected chi connectivity index (χ4v) is 3.92. The van der Waals surface area contributed by atoms with Crippen molar-refractivity contribution in [3.63, 3.8) is 0 Å². The van der Waals surface area contributed by atoms with E-state index in [9.17, 15) is 23.2 Å². The quantitative estimate of drug-likeness (QED) is 0.507. The largest absolute Gasteiger partial charge is 0.442 e. The molecule has 1 N–H and O–H groups in total. The lowest BCUT2D eigenvalue weighted by Crippen LogP contribution is -2.49. The molecule has 1 atom stereocenters. The highest BCUT2D eigenvalue weighted by atomic mass is 32.1. The Morgan fingerprint density at radius 2 is 1.94 bits per heavy atom. The van der Waals surface area contributed by atoms with Gasteiger partial charge < -0.3 is 19.9 Å². The fraction of sp³-hybridized carbons (Fsp3) is 0.333. The first-order valence-electron chi connectivity index (χ1n) is 10.2. The van der Waals surface area contributed by atoms with Crippen LogP contribution in [0.25, 0.3) is 0 Å². The number of carbonyl (C=O) groups is 3. The first kappa shape index (κ1) is 22.8. The molecule has 174 valence electrons. The Bertz CT molecular complexity index is 1080. The molecule has 2 aromatic rings. The maximum atomic E-state index is 14.9. The lowest BCUT2D eigenvalue weighted by Gasteiger charge is -2.36. The van der Waals surface area contributed by atoms with Crippen LogP contribution in [0.1, 0.15) is 10.4 Å². The molecular formula is C21H21F2N5O4S. The number of carbonyl (C=O) groups excluding carboxylic acids is 3. The van der Waals surface area contributed by atoms with Crippen molar-refractivity contribution in [3.8, 4) is 0 Å². The number of piperazine rings is 1. The molecule has 3 amide bonds. The summed E-state index contributed by atoms with van der Waals surface area (Å²) < 4.78 is 33.9. The van der Waals surface area contributed by atoms with Crippen molar-refractivity contribution in [1.82, 2.24) is 15.2 Å². The van der Waals surface area contributed by atoms with Gasteiger partial charge in [0.15, 0.2) is 0 Å². The van der Waals surface area contributed by atoms with Gasteiger partial charge in [-0.15, -0.1) is 0 Å². The molecule has 3 heterocycles. The Morgan fingerprint density at radius 3 is 2.61 bits per heavy atom. The normalized spacial score (nSPS) is 18.3. The molecule has 0 bridgehead atoms. The third-order valence-corrected chi connectivity index (χ3v) is 5.65. The van der Waals surface area contributed by atoms with Crippen LogP contribution in [0.15, 0.2) is 36.5 Å². The zero-order valence-corrected chi connectivity index (χ0v) is 18.3. The summed E-state index contributed by atoms with van der Waals surface area (Å²) in [5.74, 6) is -1.79. The number of halogens is 2. The average molecular weight is 477 g/mol. The summed E-state index contributed by atoms with van der Waals surface area (Å²) >= 11 is 3.60. The number of rotatable bonds is 5. The summed E-state index contributed by atoms with van der Waals surface area (Å²) in [5.41, 5.74) is 0.581. The number of nitrogens with one attached hydrogen (secondary N) is 1. The van der Waals surface area contributed by atoms with Crippen molar-refractivity contribution >= 4 is 41.2 Å². The Hall–Kier alpha value is -3.41. The number of thiol groups is 1. The number of ether oxygens (including phenoxy) is 1. The van der Waals surface area contributed by atoms with Gasteiger partial charge in [-0.3, -0.25) is 14.5 Å². The number of nitrogens with zero attached hydrogens (tertiary/aromatic N) is 4. The van der Waals surface area contributed by atoms with E-state index in [2.05, 4.69) is 22.9 Å². The van der Waals surface area contributed by atoms with Crippen LogP contribution in [0.2, 0.25) is 0 Å². The molecule has 0 radical (unpaired) electrons.